The lowest BCUT2D eigenvalue weighted by atomic mass is 10.0. The molecule has 0 saturated carbocycles. The fourth-order valence-corrected chi connectivity index (χ4v) is 2.79. The van der Waals surface area contributed by atoms with Crippen LogP contribution < -0.4 is 0 Å². The molecule has 1 N–H and O–H groups in total. The van der Waals surface area contributed by atoms with Crippen LogP contribution in [0.2, 0.25) is 0 Å². The van der Waals surface area contributed by atoms with Crippen LogP contribution in [0.4, 0.5) is 0 Å². The van der Waals surface area contributed by atoms with E-state index in [0.717, 1.165) is 9.47 Å². The summed E-state index contributed by atoms with van der Waals surface area (Å²) < 4.78 is 72.3. The first kappa shape index (κ1) is 6.69. The number of carbonyl (C=O) groups is 1. The van der Waals surface area contributed by atoms with E-state index in [4.69, 9.17) is 12.3 Å². The predicted octanol–water partition coefficient (Wildman–Crippen LogP) is 2.41. The summed E-state index contributed by atoms with van der Waals surface area (Å²) in [6, 6.07) is 6.48. The van der Waals surface area contributed by atoms with Gasteiger partial charge in [0.25, 0.3) is 5.91 Å². The van der Waals surface area contributed by atoms with Gasteiger partial charge < -0.3 is 14.5 Å². The van der Waals surface area contributed by atoms with Crippen molar-refractivity contribution in [3.63, 3.8) is 0 Å². The van der Waals surface area contributed by atoms with Crippen LogP contribution >= 0.6 is 0 Å². The highest BCUT2D eigenvalue weighted by molar-refractivity contribution is 6.09. The van der Waals surface area contributed by atoms with Gasteiger partial charge in [-0.05, 0) is 12.9 Å². The highest BCUT2D eigenvalue weighted by Gasteiger charge is 2.30. The SMILES string of the molecule is [2H]c1nc(C([2H])([2H])N2CCc3c(c4ccccc4n3C([2H])([2H])[2H])C2=O)c(C([2H])([2H])[2H])[nH]1. The zero-order valence-electron chi connectivity index (χ0n) is 20.5. The molecule has 4 rings (SSSR count). The number of nitrogens with one attached hydrogen (secondary N) is 1. The molecule has 22 heavy (non-hydrogen) atoms. The van der Waals surface area contributed by atoms with E-state index in [-0.39, 0.29) is 24.2 Å². The summed E-state index contributed by atoms with van der Waals surface area (Å²) in [7, 11) is 0. The van der Waals surface area contributed by atoms with E-state index in [2.05, 4.69) is 9.97 Å². The maximum atomic E-state index is 13.4. The molecule has 1 amide bonds. The number of hydrogen-bond acceptors (Lipinski definition) is 2. The first-order valence-corrected chi connectivity index (χ1v) is 6.77. The molecule has 5 heteroatoms. The maximum Gasteiger partial charge on any atom is 0.256 e. The maximum absolute atomic E-state index is 13.4. The summed E-state index contributed by atoms with van der Waals surface area (Å²) in [5.41, 5.74) is -0.434. The molecule has 0 fully saturated rings. The van der Waals surface area contributed by atoms with Gasteiger partial charge in [-0.1, -0.05) is 18.2 Å². The smallest absolute Gasteiger partial charge is 0.256 e. The molecule has 3 heterocycles. The number of H-pyrrole nitrogens is 1. The fraction of sp³-hybridized carbons (Fsp3) is 0.294. The van der Waals surface area contributed by atoms with Crippen LogP contribution in [-0.2, 0) is 19.9 Å². The monoisotopic (exact) mass is 303 g/mol. The number of hydrogen-bond donors (Lipinski definition) is 1. The van der Waals surface area contributed by atoms with Crippen molar-refractivity contribution in [1.29, 1.82) is 0 Å². The molecule has 0 saturated heterocycles. The van der Waals surface area contributed by atoms with Crippen LogP contribution in [0, 0.1) is 6.85 Å². The van der Waals surface area contributed by atoms with Gasteiger partial charge in [0.05, 0.1) is 26.8 Å². The molecule has 2 aromatic heterocycles. The van der Waals surface area contributed by atoms with Gasteiger partial charge in [0.15, 0.2) is 0 Å². The third-order valence-electron chi connectivity index (χ3n) is 3.83. The topological polar surface area (TPSA) is 53.9 Å². The van der Waals surface area contributed by atoms with Crippen LogP contribution in [0.3, 0.4) is 0 Å². The molecule has 0 atom stereocenters. The third-order valence-corrected chi connectivity index (χ3v) is 3.83. The minimum Gasteiger partial charge on any atom is -0.348 e. The molecule has 0 aliphatic carbocycles. The number of aromatic amines is 1. The fourth-order valence-electron chi connectivity index (χ4n) is 2.79. The normalized spacial score (nSPS) is 22.5. The van der Waals surface area contributed by atoms with E-state index < -0.39 is 43.9 Å². The van der Waals surface area contributed by atoms with E-state index in [1.54, 1.807) is 24.3 Å². The summed E-state index contributed by atoms with van der Waals surface area (Å²) in [6.07, 6.45) is -0.483. The van der Waals surface area contributed by atoms with E-state index in [1.165, 1.54) is 0 Å². The van der Waals surface area contributed by atoms with E-state index in [0.29, 0.717) is 10.9 Å². The summed E-state index contributed by atoms with van der Waals surface area (Å²) in [4.78, 5) is 20.2. The van der Waals surface area contributed by atoms with Crippen molar-refractivity contribution in [3.05, 3.63) is 53.2 Å². The second-order valence-electron chi connectivity index (χ2n) is 5.07. The van der Waals surface area contributed by atoms with Crippen molar-refractivity contribution in [1.82, 2.24) is 19.4 Å². The minimum absolute atomic E-state index is 0.0505. The Morgan fingerprint density at radius 3 is 3.27 bits per heavy atom. The van der Waals surface area contributed by atoms with Crippen LogP contribution in [0.5, 0.6) is 0 Å². The third kappa shape index (κ3) is 1.78. The lowest BCUT2D eigenvalue weighted by molar-refractivity contribution is 0.0725. The number of carbonyl (C=O) groups excluding carboxylic acids is 1. The minimum atomic E-state index is -2.77. The van der Waals surface area contributed by atoms with Gasteiger partial charge in [0.2, 0.25) is 0 Å². The Bertz CT molecular complexity index is 1190. The van der Waals surface area contributed by atoms with Gasteiger partial charge in [0.1, 0.15) is 1.37 Å². The first-order chi connectivity index (χ1) is 14.2. The molecule has 5 nitrogen and oxygen atoms in total. The second kappa shape index (κ2) is 4.73. The lowest BCUT2D eigenvalue weighted by Crippen LogP contribution is -2.37. The first-order valence-electron chi connectivity index (χ1n) is 11.3. The number of fused-ring (bicyclic) bond motifs is 3. The number of aryl methyl sites for hydroxylation is 2. The Labute approximate surface area is 141 Å². The van der Waals surface area contributed by atoms with Crippen LogP contribution in [0.1, 0.15) is 39.8 Å². The van der Waals surface area contributed by atoms with Crippen molar-refractivity contribution >= 4 is 16.8 Å². The average molecular weight is 303 g/mol. The largest absolute Gasteiger partial charge is 0.348 e. The van der Waals surface area contributed by atoms with Gasteiger partial charge in [-0.3, -0.25) is 4.79 Å². The zero-order valence-corrected chi connectivity index (χ0v) is 11.5. The Morgan fingerprint density at radius 2 is 2.41 bits per heavy atom. The molecule has 0 spiro atoms. The number of para-hydroxylation sites is 1. The highest BCUT2D eigenvalue weighted by atomic mass is 16.2. The highest BCUT2D eigenvalue weighted by Crippen LogP contribution is 2.30. The molecular weight excluding hydrogens is 276 g/mol. The van der Waals surface area contributed by atoms with Crippen molar-refractivity contribution in [2.75, 3.05) is 6.54 Å². The van der Waals surface area contributed by atoms with Crippen molar-refractivity contribution in [2.24, 2.45) is 6.98 Å². The van der Waals surface area contributed by atoms with Crippen LogP contribution in [-0.4, -0.2) is 31.9 Å². The number of nitrogens with zero attached hydrogens (tertiary/aromatic N) is 3. The number of aromatic nitrogens is 3. The van der Waals surface area contributed by atoms with E-state index in [1.807, 2.05) is 0 Å². The number of amides is 1. The van der Waals surface area contributed by atoms with Gasteiger partial charge in [-0.2, -0.15) is 0 Å². The lowest BCUT2D eigenvalue weighted by Gasteiger charge is -2.27. The zero-order chi connectivity index (χ0) is 22.9. The van der Waals surface area contributed by atoms with Gasteiger partial charge >= 0.3 is 0 Å². The average Bonchev–Trinajstić information content (AvgIpc) is 3.20. The molecule has 112 valence electrons. The molecule has 0 bridgehead atoms. The summed E-state index contributed by atoms with van der Waals surface area (Å²) in [6.45, 7) is -8.13. The summed E-state index contributed by atoms with van der Waals surface area (Å²) in [5.74, 6) is -0.767. The summed E-state index contributed by atoms with van der Waals surface area (Å²) >= 11 is 0. The van der Waals surface area contributed by atoms with Gasteiger partial charge in [-0.25, -0.2) is 4.98 Å². The van der Waals surface area contributed by atoms with Crippen molar-refractivity contribution < 1.29 is 17.1 Å². The second-order valence-corrected chi connectivity index (χ2v) is 5.07. The Hall–Kier alpha value is -2.56. The molecule has 1 aliphatic rings. The molecule has 1 aliphatic heterocycles. The molecule has 1 aromatic carbocycles. The molecular formula is C17H18N4O. The number of rotatable bonds is 2. The van der Waals surface area contributed by atoms with Crippen molar-refractivity contribution in [2.45, 2.75) is 19.8 Å². The standard InChI is InChI=1S/C17H18N4O/c1-11-13(19-10-18-11)9-21-8-7-15-16(17(21)22)12-5-3-4-6-14(12)20(15)2/h3-6,10H,7-9H2,1-2H3,(H,18,19)/i1D3,2D3,9D2,10D. The predicted molar refractivity (Wildman–Crippen MR) is 84.7 cm³/mol. The number of benzene rings is 1. The Balaban J connectivity index is 1.88. The van der Waals surface area contributed by atoms with E-state index >= 15 is 0 Å². The van der Waals surface area contributed by atoms with Gasteiger partial charge in [0, 0.05) is 50.5 Å². The Kier molecular flexibility index (Phi) is 1.44. The van der Waals surface area contributed by atoms with Crippen LogP contribution in [0.25, 0.3) is 10.9 Å². The molecule has 3 aromatic rings. The Morgan fingerprint density at radius 1 is 1.50 bits per heavy atom. The number of imidazole rings is 1. The van der Waals surface area contributed by atoms with E-state index in [9.17, 15) is 4.79 Å². The van der Waals surface area contributed by atoms with Crippen LogP contribution in [0.15, 0.2) is 30.6 Å². The molecule has 0 radical (unpaired) electrons. The molecule has 0 unspecified atom stereocenters. The summed E-state index contributed by atoms with van der Waals surface area (Å²) in [5, 5.41) is 0.373. The van der Waals surface area contributed by atoms with Gasteiger partial charge in [-0.15, -0.1) is 0 Å². The van der Waals surface area contributed by atoms with Crippen molar-refractivity contribution in [3.8, 4) is 0 Å². The quantitative estimate of drug-likeness (QED) is 0.790.